The van der Waals surface area contributed by atoms with Gasteiger partial charge in [-0.15, -0.1) is 0 Å². The van der Waals surface area contributed by atoms with E-state index in [-0.39, 0.29) is 5.97 Å². The highest BCUT2D eigenvalue weighted by Gasteiger charge is 2.12. The fourth-order valence-corrected chi connectivity index (χ4v) is 1.73. The number of rotatable bonds is 5. The predicted molar refractivity (Wildman–Crippen MR) is 88.2 cm³/mol. The first-order chi connectivity index (χ1) is 10.2. The number of unbranched alkanes of at least 4 members (excludes halogenated alkanes) is 1. The lowest BCUT2D eigenvalue weighted by Crippen LogP contribution is -1.98. The van der Waals surface area contributed by atoms with Crippen molar-refractivity contribution in [1.82, 2.24) is 0 Å². The van der Waals surface area contributed by atoms with Crippen molar-refractivity contribution in [2.24, 2.45) is 5.92 Å². The van der Waals surface area contributed by atoms with Crippen molar-refractivity contribution in [2.45, 2.75) is 65.7 Å². The van der Waals surface area contributed by atoms with E-state index in [0.717, 1.165) is 39.1 Å². The summed E-state index contributed by atoms with van der Waals surface area (Å²) in [5.74, 6) is 0.296. The normalized spacial score (nSPS) is 13.0. The second-order valence-electron chi connectivity index (χ2n) is 4.22. The summed E-state index contributed by atoms with van der Waals surface area (Å²) >= 11 is 0. The molecule has 0 aliphatic heterocycles. The summed E-state index contributed by atoms with van der Waals surface area (Å²) in [4.78, 5) is 20.5. The van der Waals surface area contributed by atoms with E-state index in [0.29, 0.717) is 12.3 Å². The van der Waals surface area contributed by atoms with E-state index in [1.165, 1.54) is 20.0 Å². The zero-order chi connectivity index (χ0) is 16.9. The van der Waals surface area contributed by atoms with Crippen molar-refractivity contribution in [3.63, 3.8) is 0 Å². The molecule has 0 saturated heterocycles. The summed E-state index contributed by atoms with van der Waals surface area (Å²) in [6.07, 6.45) is 12.3. The lowest BCUT2D eigenvalue weighted by molar-refractivity contribution is -0.140. The minimum Gasteiger partial charge on any atom is -0.469 e. The quantitative estimate of drug-likeness (QED) is 0.362. The first kappa shape index (κ1) is 24.8. The Labute approximate surface area is 130 Å². The Bertz CT molecular complexity index is 231. The van der Waals surface area contributed by atoms with Crippen LogP contribution in [0.3, 0.4) is 0 Å². The van der Waals surface area contributed by atoms with Gasteiger partial charge < -0.3 is 14.6 Å². The van der Waals surface area contributed by atoms with Crippen LogP contribution in [0.25, 0.3) is 0 Å². The maximum Gasteiger partial charge on any atom is 0.305 e. The lowest BCUT2D eigenvalue weighted by atomic mass is 10.1. The third kappa shape index (κ3) is 21.3. The largest absolute Gasteiger partial charge is 0.469 e. The molecule has 0 amide bonds. The summed E-state index contributed by atoms with van der Waals surface area (Å²) in [5.41, 5.74) is 0. The molecule has 1 rings (SSSR count). The zero-order valence-corrected chi connectivity index (χ0v) is 14.4. The van der Waals surface area contributed by atoms with Gasteiger partial charge in [-0.25, -0.2) is 0 Å². The number of esters is 1. The van der Waals surface area contributed by atoms with Gasteiger partial charge in [0.25, 0.3) is 0 Å². The minimum absolute atomic E-state index is 0.121. The molecule has 1 N–H and O–H groups in total. The Morgan fingerprint density at radius 3 is 2.10 bits per heavy atom. The maximum atomic E-state index is 10.5. The molecule has 0 aromatic rings. The number of hydrogen-bond donors (Lipinski definition) is 1. The maximum absolute atomic E-state index is 10.5. The Morgan fingerprint density at radius 1 is 1.24 bits per heavy atom. The van der Waals surface area contributed by atoms with E-state index >= 15 is 0 Å². The molecule has 0 aromatic carbocycles. The highest BCUT2D eigenvalue weighted by atomic mass is 16.5. The highest BCUT2D eigenvalue weighted by molar-refractivity contribution is 5.69. The number of allylic oxidation sites excluding steroid dienone is 2. The topological polar surface area (TPSA) is 63.6 Å². The van der Waals surface area contributed by atoms with E-state index < -0.39 is 0 Å². The molecule has 0 bridgehead atoms. The molecule has 1 aliphatic rings. The molecule has 1 fully saturated rings. The summed E-state index contributed by atoms with van der Waals surface area (Å²) in [7, 11) is 2.41. The zero-order valence-electron chi connectivity index (χ0n) is 14.4. The Morgan fingerprint density at radius 2 is 1.76 bits per heavy atom. The van der Waals surface area contributed by atoms with Crippen molar-refractivity contribution in [2.75, 3.05) is 14.2 Å². The van der Waals surface area contributed by atoms with Crippen LogP contribution in [0.2, 0.25) is 0 Å². The van der Waals surface area contributed by atoms with E-state index in [1.807, 2.05) is 32.9 Å². The van der Waals surface area contributed by atoms with E-state index in [4.69, 9.17) is 5.11 Å². The standard InChI is InChI=1S/C8H14O2.C6H10O.C2H6.CH4O/c1-3-4-5-6-7-8(9)10-2;7-5-6-3-1-2-4-6;2*1-2/h3-4H,5-7H2,1-2H3;5-6H,1-4H2;1-2H3;2H,1H3/b4-3-;;;. The number of ether oxygens (including phenoxy) is 1. The summed E-state index contributed by atoms with van der Waals surface area (Å²) in [6, 6.07) is 0. The van der Waals surface area contributed by atoms with E-state index in [2.05, 4.69) is 4.74 Å². The van der Waals surface area contributed by atoms with Gasteiger partial charge in [-0.2, -0.15) is 0 Å². The number of aldehydes is 1. The Kier molecular flexibility index (Phi) is 28.3. The monoisotopic (exact) mass is 302 g/mol. The molecule has 0 atom stereocenters. The van der Waals surface area contributed by atoms with Gasteiger partial charge in [-0.3, -0.25) is 4.79 Å². The fourth-order valence-electron chi connectivity index (χ4n) is 1.73. The molecule has 0 heterocycles. The van der Waals surface area contributed by atoms with Crippen molar-refractivity contribution in [3.8, 4) is 0 Å². The summed E-state index contributed by atoms with van der Waals surface area (Å²) in [5, 5.41) is 7.00. The summed E-state index contributed by atoms with van der Waals surface area (Å²) < 4.78 is 4.47. The third-order valence-electron chi connectivity index (χ3n) is 2.81. The minimum atomic E-state index is -0.121. The molecule has 126 valence electrons. The van der Waals surface area contributed by atoms with Crippen LogP contribution in [0.1, 0.15) is 65.7 Å². The average molecular weight is 302 g/mol. The third-order valence-corrected chi connectivity index (χ3v) is 2.81. The van der Waals surface area contributed by atoms with Gasteiger partial charge in [-0.05, 0) is 32.6 Å². The second kappa shape index (κ2) is 23.9. The first-order valence-electron chi connectivity index (χ1n) is 7.82. The molecule has 4 heteroatoms. The molecule has 1 saturated carbocycles. The Hall–Kier alpha value is -1.16. The molecule has 21 heavy (non-hydrogen) atoms. The smallest absolute Gasteiger partial charge is 0.305 e. The summed E-state index contributed by atoms with van der Waals surface area (Å²) in [6.45, 7) is 5.97. The van der Waals surface area contributed by atoms with Crippen LogP contribution in [0.15, 0.2) is 12.2 Å². The van der Waals surface area contributed by atoms with Crippen LogP contribution in [-0.4, -0.2) is 31.6 Å². The van der Waals surface area contributed by atoms with Gasteiger partial charge in [0.15, 0.2) is 0 Å². The Balaban J connectivity index is -0.000000256. The van der Waals surface area contributed by atoms with Crippen LogP contribution in [0.5, 0.6) is 0 Å². The van der Waals surface area contributed by atoms with Gasteiger partial charge in [0.2, 0.25) is 0 Å². The molecule has 0 aromatic heterocycles. The SMILES string of the molecule is C/C=C\CCCC(=O)OC.CC.CO.O=CC1CCCC1. The van der Waals surface area contributed by atoms with Gasteiger partial charge in [0.05, 0.1) is 7.11 Å². The van der Waals surface area contributed by atoms with Crippen molar-refractivity contribution >= 4 is 12.3 Å². The van der Waals surface area contributed by atoms with Crippen LogP contribution in [-0.2, 0) is 14.3 Å². The number of carbonyl (C=O) groups excluding carboxylic acids is 2. The van der Waals surface area contributed by atoms with Gasteiger partial charge in [0.1, 0.15) is 6.29 Å². The molecule has 4 nitrogen and oxygen atoms in total. The number of methoxy groups -OCH3 is 1. The fraction of sp³-hybridized carbons (Fsp3) is 0.765. The van der Waals surface area contributed by atoms with Crippen molar-refractivity contribution < 1.29 is 19.4 Å². The van der Waals surface area contributed by atoms with E-state index in [1.54, 1.807) is 0 Å². The molecule has 0 spiro atoms. The van der Waals surface area contributed by atoms with Gasteiger partial charge in [-0.1, -0.05) is 38.8 Å². The number of aliphatic hydroxyl groups is 1. The molecular formula is C17H34O4. The van der Waals surface area contributed by atoms with Crippen LogP contribution in [0.4, 0.5) is 0 Å². The molecule has 0 unspecified atom stereocenters. The van der Waals surface area contributed by atoms with Gasteiger partial charge in [0, 0.05) is 19.4 Å². The lowest BCUT2D eigenvalue weighted by Gasteiger charge is -1.94. The van der Waals surface area contributed by atoms with Crippen molar-refractivity contribution in [1.29, 1.82) is 0 Å². The number of carbonyl (C=O) groups is 2. The highest BCUT2D eigenvalue weighted by Crippen LogP contribution is 2.21. The molecule has 0 radical (unpaired) electrons. The second-order valence-corrected chi connectivity index (χ2v) is 4.22. The molecule has 1 aliphatic carbocycles. The number of hydrogen-bond acceptors (Lipinski definition) is 4. The van der Waals surface area contributed by atoms with Crippen molar-refractivity contribution in [3.05, 3.63) is 12.2 Å². The van der Waals surface area contributed by atoms with Crippen LogP contribution < -0.4 is 0 Å². The van der Waals surface area contributed by atoms with E-state index in [9.17, 15) is 9.59 Å². The average Bonchev–Trinajstić information content (AvgIpc) is 3.09. The van der Waals surface area contributed by atoms with Gasteiger partial charge >= 0.3 is 5.97 Å². The van der Waals surface area contributed by atoms with Crippen LogP contribution in [0, 0.1) is 5.92 Å². The first-order valence-corrected chi connectivity index (χ1v) is 7.82. The predicted octanol–water partition coefficient (Wildman–Crippen LogP) is 3.92. The molecular weight excluding hydrogens is 268 g/mol. The van der Waals surface area contributed by atoms with Crippen LogP contribution >= 0.6 is 0 Å². The number of aliphatic hydroxyl groups excluding tert-OH is 1.